The maximum absolute atomic E-state index is 13.2. The molecular weight excluding hydrogens is 333 g/mol. The minimum absolute atomic E-state index is 0.00523. The fraction of sp³-hybridized carbons (Fsp3) is 0.316. The predicted molar refractivity (Wildman–Crippen MR) is 95.1 cm³/mol. The number of aryl methyl sites for hydroxylation is 1. The molecule has 26 heavy (non-hydrogen) atoms. The number of rotatable bonds is 3. The van der Waals surface area contributed by atoms with Crippen LogP contribution in [0.5, 0.6) is 0 Å². The number of piperidine rings is 1. The average Bonchev–Trinajstić information content (AvgIpc) is 3.31. The van der Waals surface area contributed by atoms with Gasteiger partial charge in [-0.05, 0) is 30.5 Å². The van der Waals surface area contributed by atoms with E-state index in [0.717, 1.165) is 36.2 Å². The Balaban J connectivity index is 1.56. The molecule has 1 amide bonds. The molecule has 0 bridgehead atoms. The third-order valence-corrected chi connectivity index (χ3v) is 4.89. The number of amides is 1. The number of hydrogen-bond donors (Lipinski definition) is 1. The Labute approximate surface area is 150 Å². The topological polar surface area (TPSA) is 66.8 Å². The van der Waals surface area contributed by atoms with Gasteiger partial charge in [-0.3, -0.25) is 14.6 Å². The quantitative estimate of drug-likeness (QED) is 0.787. The second-order valence-electron chi connectivity index (χ2n) is 6.70. The maximum Gasteiger partial charge on any atom is 0.257 e. The lowest BCUT2D eigenvalue weighted by atomic mass is 9.90. The largest absolute Gasteiger partial charge is 0.338 e. The molecule has 1 N–H and O–H groups in total. The average molecular weight is 353 g/mol. The predicted octanol–water partition coefficient (Wildman–Crippen LogP) is 2.97. The van der Waals surface area contributed by atoms with Gasteiger partial charge in [-0.25, -0.2) is 4.39 Å². The molecule has 1 unspecified atom stereocenters. The van der Waals surface area contributed by atoms with Crippen LogP contribution in [0.1, 0.15) is 34.8 Å². The van der Waals surface area contributed by atoms with E-state index in [9.17, 15) is 9.18 Å². The Morgan fingerprint density at radius 2 is 2.08 bits per heavy atom. The number of carbonyl (C=O) groups excluding carboxylic acids is 1. The summed E-state index contributed by atoms with van der Waals surface area (Å²) in [4.78, 5) is 14.6. The number of aromatic nitrogens is 4. The number of carbonyl (C=O) groups is 1. The van der Waals surface area contributed by atoms with E-state index in [-0.39, 0.29) is 17.6 Å². The van der Waals surface area contributed by atoms with E-state index in [0.29, 0.717) is 12.1 Å². The van der Waals surface area contributed by atoms with E-state index < -0.39 is 0 Å². The highest BCUT2D eigenvalue weighted by Crippen LogP contribution is 2.33. The third-order valence-electron chi connectivity index (χ3n) is 4.89. The van der Waals surface area contributed by atoms with Crippen molar-refractivity contribution in [3.05, 3.63) is 59.9 Å². The second-order valence-corrected chi connectivity index (χ2v) is 6.70. The molecule has 1 saturated heterocycles. The second kappa shape index (κ2) is 6.74. The number of likely N-dealkylation sites (tertiary alicyclic amines) is 1. The van der Waals surface area contributed by atoms with Gasteiger partial charge in [-0.2, -0.15) is 10.2 Å². The standard InChI is InChI=1S/C19H20FN5O/c1-24-11-15(9-22-24)19(26)25-8-2-3-14(12-25)18-17(10-21-23-18)13-4-6-16(20)7-5-13/h4-7,9-11,14H,2-3,8,12H2,1H3,(H,21,23). The Morgan fingerprint density at radius 1 is 1.27 bits per heavy atom. The number of nitrogens with one attached hydrogen (secondary N) is 1. The Morgan fingerprint density at radius 3 is 2.81 bits per heavy atom. The summed E-state index contributed by atoms with van der Waals surface area (Å²) < 4.78 is 14.8. The zero-order chi connectivity index (χ0) is 18.1. The number of aromatic amines is 1. The number of hydrogen-bond acceptors (Lipinski definition) is 3. The van der Waals surface area contributed by atoms with Crippen molar-refractivity contribution in [2.45, 2.75) is 18.8 Å². The fourth-order valence-electron chi connectivity index (χ4n) is 3.58. The van der Waals surface area contributed by atoms with Crippen LogP contribution in [0.15, 0.2) is 42.9 Å². The summed E-state index contributed by atoms with van der Waals surface area (Å²) in [6.07, 6.45) is 7.02. The van der Waals surface area contributed by atoms with Gasteiger partial charge in [-0.15, -0.1) is 0 Å². The van der Waals surface area contributed by atoms with Crippen LogP contribution in [0.2, 0.25) is 0 Å². The first kappa shape index (κ1) is 16.5. The molecule has 3 heterocycles. The van der Waals surface area contributed by atoms with E-state index >= 15 is 0 Å². The molecule has 0 radical (unpaired) electrons. The monoisotopic (exact) mass is 353 g/mol. The van der Waals surface area contributed by atoms with Crippen LogP contribution in [-0.2, 0) is 7.05 Å². The fourth-order valence-corrected chi connectivity index (χ4v) is 3.58. The van der Waals surface area contributed by atoms with Gasteiger partial charge in [0.1, 0.15) is 5.82 Å². The highest BCUT2D eigenvalue weighted by molar-refractivity contribution is 5.93. The smallest absolute Gasteiger partial charge is 0.257 e. The SMILES string of the molecule is Cn1cc(C(=O)N2CCCC(c3[nH]ncc3-c3ccc(F)cc3)C2)cn1. The lowest BCUT2D eigenvalue weighted by Gasteiger charge is -2.32. The van der Waals surface area contributed by atoms with E-state index in [1.165, 1.54) is 12.1 Å². The molecule has 1 aliphatic heterocycles. The lowest BCUT2D eigenvalue weighted by molar-refractivity contribution is 0.0706. The number of H-pyrrole nitrogens is 1. The van der Waals surface area contributed by atoms with Crippen molar-refractivity contribution >= 4 is 5.91 Å². The van der Waals surface area contributed by atoms with E-state index in [4.69, 9.17) is 0 Å². The van der Waals surface area contributed by atoms with Crippen molar-refractivity contribution in [3.63, 3.8) is 0 Å². The first-order valence-corrected chi connectivity index (χ1v) is 8.69. The van der Waals surface area contributed by atoms with E-state index in [2.05, 4.69) is 15.3 Å². The van der Waals surface area contributed by atoms with Crippen molar-refractivity contribution in [1.29, 1.82) is 0 Å². The zero-order valence-corrected chi connectivity index (χ0v) is 14.5. The summed E-state index contributed by atoms with van der Waals surface area (Å²) in [7, 11) is 1.80. The molecule has 0 saturated carbocycles. The van der Waals surface area contributed by atoms with Crippen LogP contribution in [-0.4, -0.2) is 43.9 Å². The van der Waals surface area contributed by atoms with Gasteiger partial charge in [0, 0.05) is 43.5 Å². The summed E-state index contributed by atoms with van der Waals surface area (Å²) >= 11 is 0. The van der Waals surface area contributed by atoms with Gasteiger partial charge >= 0.3 is 0 Å². The normalized spacial score (nSPS) is 17.5. The first-order chi connectivity index (χ1) is 12.6. The lowest BCUT2D eigenvalue weighted by Crippen LogP contribution is -2.39. The molecule has 1 aliphatic rings. The van der Waals surface area contributed by atoms with Crippen molar-refractivity contribution < 1.29 is 9.18 Å². The molecule has 134 valence electrons. The molecular formula is C19H20FN5O. The van der Waals surface area contributed by atoms with Crippen molar-refractivity contribution in [2.24, 2.45) is 7.05 Å². The third kappa shape index (κ3) is 3.12. The maximum atomic E-state index is 13.2. The molecule has 7 heteroatoms. The van der Waals surface area contributed by atoms with Crippen LogP contribution in [0.3, 0.4) is 0 Å². The molecule has 2 aromatic heterocycles. The first-order valence-electron chi connectivity index (χ1n) is 8.69. The van der Waals surface area contributed by atoms with Crippen molar-refractivity contribution in [2.75, 3.05) is 13.1 Å². The number of halogens is 1. The van der Waals surface area contributed by atoms with Gasteiger partial charge in [0.25, 0.3) is 5.91 Å². The minimum atomic E-state index is -0.260. The Hall–Kier alpha value is -2.96. The van der Waals surface area contributed by atoms with Crippen LogP contribution < -0.4 is 0 Å². The summed E-state index contributed by atoms with van der Waals surface area (Å²) in [5.41, 5.74) is 3.49. The molecule has 0 aliphatic carbocycles. The van der Waals surface area contributed by atoms with Crippen LogP contribution >= 0.6 is 0 Å². The van der Waals surface area contributed by atoms with Gasteiger partial charge in [0.15, 0.2) is 0 Å². The molecule has 1 fully saturated rings. The van der Waals surface area contributed by atoms with Gasteiger partial charge in [0.05, 0.1) is 18.0 Å². The zero-order valence-electron chi connectivity index (χ0n) is 14.5. The minimum Gasteiger partial charge on any atom is -0.338 e. The highest BCUT2D eigenvalue weighted by atomic mass is 19.1. The molecule has 1 atom stereocenters. The summed E-state index contributed by atoms with van der Waals surface area (Å²) in [6.45, 7) is 1.37. The number of nitrogens with zero attached hydrogens (tertiary/aromatic N) is 4. The Kier molecular flexibility index (Phi) is 4.28. The van der Waals surface area contributed by atoms with Crippen LogP contribution in [0, 0.1) is 5.82 Å². The van der Waals surface area contributed by atoms with Crippen molar-refractivity contribution in [1.82, 2.24) is 24.9 Å². The molecule has 3 aromatic rings. The van der Waals surface area contributed by atoms with Crippen LogP contribution in [0.25, 0.3) is 11.1 Å². The Bertz CT molecular complexity index is 914. The summed E-state index contributed by atoms with van der Waals surface area (Å²) in [6, 6.07) is 6.41. The van der Waals surface area contributed by atoms with Gasteiger partial charge in [0.2, 0.25) is 0 Å². The molecule has 0 spiro atoms. The molecule has 6 nitrogen and oxygen atoms in total. The summed E-state index contributed by atoms with van der Waals surface area (Å²) in [5.74, 6) is -0.0812. The van der Waals surface area contributed by atoms with Gasteiger partial charge in [-0.1, -0.05) is 12.1 Å². The van der Waals surface area contributed by atoms with Gasteiger partial charge < -0.3 is 4.90 Å². The summed E-state index contributed by atoms with van der Waals surface area (Å²) in [5, 5.41) is 11.4. The molecule has 4 rings (SSSR count). The van der Waals surface area contributed by atoms with E-state index in [1.54, 1.807) is 42.5 Å². The highest BCUT2D eigenvalue weighted by Gasteiger charge is 2.28. The van der Waals surface area contributed by atoms with Crippen molar-refractivity contribution in [3.8, 4) is 11.1 Å². The molecule has 1 aromatic carbocycles. The van der Waals surface area contributed by atoms with Crippen LogP contribution in [0.4, 0.5) is 4.39 Å². The van der Waals surface area contributed by atoms with E-state index in [1.807, 2.05) is 4.90 Å². The number of benzene rings is 1.